The molecule has 4 rings (SSSR count). The van der Waals surface area contributed by atoms with Gasteiger partial charge in [0.2, 0.25) is 0 Å². The second-order valence-electron chi connectivity index (χ2n) is 6.64. The van der Waals surface area contributed by atoms with Gasteiger partial charge in [-0.25, -0.2) is 0 Å². The van der Waals surface area contributed by atoms with Crippen molar-refractivity contribution >= 4 is 23.1 Å². The van der Waals surface area contributed by atoms with Gasteiger partial charge in [-0.2, -0.15) is 4.90 Å². The first-order valence-electron chi connectivity index (χ1n) is 8.63. The van der Waals surface area contributed by atoms with Crippen LogP contribution < -0.4 is 21.9 Å². The molecule has 132 valence electrons. The molecule has 0 saturated heterocycles. The van der Waals surface area contributed by atoms with E-state index in [-0.39, 0.29) is 17.0 Å². The fourth-order valence-corrected chi connectivity index (χ4v) is 4.03. The van der Waals surface area contributed by atoms with Crippen LogP contribution in [0.1, 0.15) is 31.2 Å². The first-order valence-corrected chi connectivity index (χ1v) is 9.01. The molecular formula is C20H22BrClN2O. The molecule has 2 aliphatic rings. The van der Waals surface area contributed by atoms with E-state index in [2.05, 4.69) is 21.6 Å². The van der Waals surface area contributed by atoms with Gasteiger partial charge in [-0.15, -0.1) is 0 Å². The molecule has 2 aliphatic heterocycles. The van der Waals surface area contributed by atoms with Crippen molar-refractivity contribution in [2.24, 2.45) is 0 Å². The van der Waals surface area contributed by atoms with Gasteiger partial charge in [-0.3, -0.25) is 4.58 Å². The smallest absolute Gasteiger partial charge is 0.275 e. The lowest BCUT2D eigenvalue weighted by atomic mass is 10.00. The Kier molecular flexibility index (Phi) is 5.52. The van der Waals surface area contributed by atoms with Crippen LogP contribution in [0.15, 0.2) is 54.6 Å². The van der Waals surface area contributed by atoms with Crippen molar-refractivity contribution in [1.82, 2.24) is 0 Å². The predicted molar refractivity (Wildman–Crippen MR) is 97.7 cm³/mol. The van der Waals surface area contributed by atoms with Crippen molar-refractivity contribution in [3.63, 3.8) is 0 Å². The minimum atomic E-state index is -1.06. The first kappa shape index (κ1) is 18.4. The van der Waals surface area contributed by atoms with E-state index in [0.29, 0.717) is 11.6 Å². The molecule has 0 amide bonds. The van der Waals surface area contributed by atoms with Crippen LogP contribution in [0, 0.1) is 0 Å². The van der Waals surface area contributed by atoms with Gasteiger partial charge < -0.3 is 22.1 Å². The van der Waals surface area contributed by atoms with E-state index in [4.69, 9.17) is 11.6 Å². The minimum Gasteiger partial charge on any atom is -1.00 e. The summed E-state index contributed by atoms with van der Waals surface area (Å²) in [6, 6.07) is 17.8. The topological polar surface area (TPSA) is 26.5 Å². The molecule has 0 aliphatic carbocycles. The van der Waals surface area contributed by atoms with E-state index in [1.165, 1.54) is 25.1 Å². The molecule has 0 bridgehead atoms. The van der Waals surface area contributed by atoms with Crippen LogP contribution in [-0.4, -0.2) is 28.6 Å². The van der Waals surface area contributed by atoms with Crippen molar-refractivity contribution in [1.29, 1.82) is 0 Å². The maximum absolute atomic E-state index is 11.7. The average Bonchev–Trinajstić information content (AvgIpc) is 2.73. The molecule has 0 aromatic heterocycles. The Morgan fingerprint density at radius 2 is 1.68 bits per heavy atom. The zero-order chi connectivity index (χ0) is 16.6. The maximum Gasteiger partial charge on any atom is 0.275 e. The van der Waals surface area contributed by atoms with Crippen molar-refractivity contribution < 1.29 is 26.7 Å². The van der Waals surface area contributed by atoms with Crippen LogP contribution in [-0.2, 0) is 5.72 Å². The van der Waals surface area contributed by atoms with Gasteiger partial charge >= 0.3 is 0 Å². The number of rotatable bonds is 2. The van der Waals surface area contributed by atoms with E-state index < -0.39 is 5.72 Å². The molecule has 1 atom stereocenters. The molecule has 0 radical (unpaired) electrons. The van der Waals surface area contributed by atoms with Crippen LogP contribution in [0.3, 0.4) is 0 Å². The molecular weight excluding hydrogens is 400 g/mol. The summed E-state index contributed by atoms with van der Waals surface area (Å²) in [7, 11) is 0. The number of halogens is 2. The summed E-state index contributed by atoms with van der Waals surface area (Å²) in [5.41, 5.74) is 0.865. The monoisotopic (exact) mass is 420 g/mol. The fraction of sp³-hybridized carbons (Fsp3) is 0.350. The van der Waals surface area contributed by atoms with Gasteiger partial charge in [0, 0.05) is 17.0 Å². The van der Waals surface area contributed by atoms with Crippen molar-refractivity contribution in [2.75, 3.05) is 18.0 Å². The van der Waals surface area contributed by atoms with E-state index >= 15 is 0 Å². The number of nitrogens with zero attached hydrogens (tertiary/aromatic N) is 2. The highest BCUT2D eigenvalue weighted by atomic mass is 79.9. The molecule has 5 heteroatoms. The lowest BCUT2D eigenvalue weighted by Gasteiger charge is -2.29. The minimum absolute atomic E-state index is 0. The maximum atomic E-state index is 11.7. The lowest BCUT2D eigenvalue weighted by Crippen LogP contribution is -3.00. The second kappa shape index (κ2) is 7.48. The van der Waals surface area contributed by atoms with Gasteiger partial charge in [0.1, 0.15) is 5.69 Å². The Morgan fingerprint density at radius 3 is 2.40 bits per heavy atom. The van der Waals surface area contributed by atoms with Gasteiger partial charge in [-0.05, 0) is 43.5 Å². The molecule has 1 unspecified atom stereocenters. The molecule has 0 saturated carbocycles. The molecule has 3 nitrogen and oxygen atoms in total. The third-order valence-electron chi connectivity index (χ3n) is 5.05. The third kappa shape index (κ3) is 3.35. The Balaban J connectivity index is 0.00000182. The number of benzene rings is 2. The number of hydrogen-bond acceptors (Lipinski definition) is 2. The van der Waals surface area contributed by atoms with Gasteiger partial charge in [-0.1, -0.05) is 41.9 Å². The highest BCUT2D eigenvalue weighted by molar-refractivity contribution is 6.30. The van der Waals surface area contributed by atoms with Crippen LogP contribution in [0.5, 0.6) is 0 Å². The van der Waals surface area contributed by atoms with Crippen molar-refractivity contribution in [2.45, 2.75) is 31.4 Å². The summed E-state index contributed by atoms with van der Waals surface area (Å²) in [4.78, 5) is 2.13. The van der Waals surface area contributed by atoms with Gasteiger partial charge in [0.05, 0.1) is 6.54 Å². The summed E-state index contributed by atoms with van der Waals surface area (Å²) in [5, 5.41) is 12.4. The third-order valence-corrected chi connectivity index (χ3v) is 5.31. The number of para-hydroxylation sites is 1. The summed E-state index contributed by atoms with van der Waals surface area (Å²) < 4.78 is 2.36. The number of aliphatic hydroxyl groups is 1. The fourth-order valence-electron chi connectivity index (χ4n) is 3.90. The Morgan fingerprint density at radius 1 is 0.960 bits per heavy atom. The Hall–Kier alpha value is -1.36. The zero-order valence-electron chi connectivity index (χ0n) is 14.0. The normalized spacial score (nSPS) is 23.0. The quantitative estimate of drug-likeness (QED) is 0.732. The van der Waals surface area contributed by atoms with E-state index in [9.17, 15) is 5.11 Å². The van der Waals surface area contributed by atoms with Crippen LogP contribution in [0.25, 0.3) is 0 Å². The Labute approximate surface area is 164 Å². The van der Waals surface area contributed by atoms with Crippen LogP contribution >= 0.6 is 11.6 Å². The number of hydrogen-bond donors (Lipinski definition) is 1. The lowest BCUT2D eigenvalue weighted by molar-refractivity contribution is -0.534. The first-order chi connectivity index (χ1) is 11.7. The standard InChI is InChI=1S/C20H22ClN2O.BrH/c21-17-12-10-16(11-13-17)20(24)15-22-14-6-2-5-9-19(22)23(20)18-7-3-1-4-8-18;/h1,3-4,7-8,10-13,24H,2,5-6,9,14-15H2;1H/q+1;/p-1. The highest BCUT2D eigenvalue weighted by Gasteiger charge is 2.53. The summed E-state index contributed by atoms with van der Waals surface area (Å²) >= 11 is 6.05. The molecule has 1 N–H and O–H groups in total. The molecule has 2 aromatic carbocycles. The summed E-state index contributed by atoms with van der Waals surface area (Å²) in [6.45, 7) is 1.60. The van der Waals surface area contributed by atoms with Crippen molar-refractivity contribution in [3.05, 3.63) is 65.2 Å². The molecule has 2 aromatic rings. The molecule has 0 spiro atoms. The SMILES string of the molecule is OC1(c2ccc(Cl)cc2)C[N+]2=C(CCCCC2)N1c1ccccc1.[Br-]. The molecule has 25 heavy (non-hydrogen) atoms. The summed E-state index contributed by atoms with van der Waals surface area (Å²) in [5.74, 6) is 1.23. The Bertz CT molecular complexity index is 763. The molecule has 2 heterocycles. The van der Waals surface area contributed by atoms with Crippen LogP contribution in [0.4, 0.5) is 5.69 Å². The van der Waals surface area contributed by atoms with Gasteiger partial charge in [0.15, 0.2) is 6.54 Å². The highest BCUT2D eigenvalue weighted by Crippen LogP contribution is 2.37. The predicted octanol–water partition coefficient (Wildman–Crippen LogP) is 0.994. The molecule has 0 fully saturated rings. The second-order valence-corrected chi connectivity index (χ2v) is 7.08. The van der Waals surface area contributed by atoms with E-state index in [1.807, 2.05) is 42.5 Å². The van der Waals surface area contributed by atoms with Crippen molar-refractivity contribution in [3.8, 4) is 0 Å². The zero-order valence-corrected chi connectivity index (χ0v) is 16.4. The van der Waals surface area contributed by atoms with E-state index in [1.54, 1.807) is 0 Å². The largest absolute Gasteiger partial charge is 1.00 e. The average molecular weight is 422 g/mol. The summed E-state index contributed by atoms with van der Waals surface area (Å²) in [6.07, 6.45) is 4.61. The van der Waals surface area contributed by atoms with Crippen LogP contribution in [0.2, 0.25) is 5.02 Å². The number of amidine groups is 1. The number of anilines is 1. The van der Waals surface area contributed by atoms with E-state index in [0.717, 1.165) is 24.2 Å². The van der Waals surface area contributed by atoms with Gasteiger partial charge in [0.25, 0.3) is 11.6 Å².